The van der Waals surface area contributed by atoms with Crippen molar-refractivity contribution in [2.24, 2.45) is 0 Å². The molecule has 0 aliphatic heterocycles. The fourth-order valence-electron chi connectivity index (χ4n) is 2.08. The van der Waals surface area contributed by atoms with Gasteiger partial charge in [0.1, 0.15) is 17.2 Å². The lowest BCUT2D eigenvalue weighted by Gasteiger charge is -2.12. The number of carboxylic acid groups (broad SMARTS) is 1. The molecular weight excluding hydrogens is 274 g/mol. The van der Waals surface area contributed by atoms with Crippen molar-refractivity contribution in [2.45, 2.75) is 19.8 Å². The van der Waals surface area contributed by atoms with E-state index in [-0.39, 0.29) is 5.69 Å². The van der Waals surface area contributed by atoms with Crippen LogP contribution in [0.15, 0.2) is 18.2 Å². The second-order valence-electron chi connectivity index (χ2n) is 4.39. The maximum absolute atomic E-state index is 11.2. The number of hydrogen-bond acceptors (Lipinski definition) is 5. The highest BCUT2D eigenvalue weighted by atomic mass is 16.5. The van der Waals surface area contributed by atoms with E-state index in [1.54, 1.807) is 32.4 Å². The van der Waals surface area contributed by atoms with E-state index in [9.17, 15) is 9.90 Å². The van der Waals surface area contributed by atoms with Gasteiger partial charge in [-0.15, -0.1) is 5.10 Å². The fraction of sp³-hybridized carbons (Fsp3) is 0.357. The highest BCUT2D eigenvalue weighted by Crippen LogP contribution is 2.28. The predicted molar refractivity (Wildman–Crippen MR) is 75.4 cm³/mol. The average Bonchev–Trinajstić information content (AvgIpc) is 2.90. The number of hydrogen-bond donors (Lipinski definition) is 1. The molecule has 7 heteroatoms. The molecule has 0 atom stereocenters. The number of ether oxygens (including phenoxy) is 2. The Kier molecular flexibility index (Phi) is 4.42. The molecule has 0 bridgehead atoms. The van der Waals surface area contributed by atoms with Gasteiger partial charge >= 0.3 is 5.97 Å². The van der Waals surface area contributed by atoms with Crippen molar-refractivity contribution in [3.8, 4) is 17.2 Å². The van der Waals surface area contributed by atoms with Crippen LogP contribution in [0.4, 0.5) is 0 Å². The van der Waals surface area contributed by atoms with Crippen LogP contribution in [0.25, 0.3) is 5.69 Å². The van der Waals surface area contributed by atoms with Crippen molar-refractivity contribution in [2.75, 3.05) is 14.2 Å². The van der Waals surface area contributed by atoms with Crippen LogP contribution in [0.5, 0.6) is 11.5 Å². The third-order valence-corrected chi connectivity index (χ3v) is 3.07. The topological polar surface area (TPSA) is 86.5 Å². The van der Waals surface area contributed by atoms with Gasteiger partial charge < -0.3 is 14.6 Å². The largest absolute Gasteiger partial charge is 0.497 e. The van der Waals surface area contributed by atoms with Crippen molar-refractivity contribution in [1.29, 1.82) is 0 Å². The van der Waals surface area contributed by atoms with E-state index < -0.39 is 5.97 Å². The van der Waals surface area contributed by atoms with Crippen LogP contribution in [-0.4, -0.2) is 40.3 Å². The monoisotopic (exact) mass is 291 g/mol. The Labute approximate surface area is 122 Å². The van der Waals surface area contributed by atoms with Crippen LogP contribution in [0, 0.1) is 0 Å². The molecule has 1 aromatic heterocycles. The van der Waals surface area contributed by atoms with Gasteiger partial charge in [0.05, 0.1) is 19.9 Å². The Morgan fingerprint density at radius 1 is 1.33 bits per heavy atom. The van der Waals surface area contributed by atoms with E-state index in [1.807, 2.05) is 6.92 Å². The first kappa shape index (κ1) is 14.8. The molecule has 2 rings (SSSR count). The van der Waals surface area contributed by atoms with E-state index in [0.29, 0.717) is 29.3 Å². The van der Waals surface area contributed by atoms with E-state index in [2.05, 4.69) is 10.3 Å². The molecule has 0 radical (unpaired) electrons. The number of aromatic carboxylic acids is 1. The Morgan fingerprint density at radius 2 is 2.10 bits per heavy atom. The van der Waals surface area contributed by atoms with Crippen LogP contribution in [-0.2, 0) is 6.42 Å². The molecule has 0 saturated carbocycles. The van der Waals surface area contributed by atoms with Gasteiger partial charge in [0.25, 0.3) is 0 Å². The number of carbonyl (C=O) groups is 1. The van der Waals surface area contributed by atoms with Crippen molar-refractivity contribution in [3.63, 3.8) is 0 Å². The van der Waals surface area contributed by atoms with E-state index in [4.69, 9.17) is 9.47 Å². The summed E-state index contributed by atoms with van der Waals surface area (Å²) >= 11 is 0. The van der Waals surface area contributed by atoms with Gasteiger partial charge in [-0.3, -0.25) is 0 Å². The first-order valence-corrected chi connectivity index (χ1v) is 6.52. The molecule has 21 heavy (non-hydrogen) atoms. The number of aromatic nitrogens is 3. The lowest BCUT2D eigenvalue weighted by molar-refractivity contribution is 0.0689. The minimum absolute atomic E-state index is 0.0401. The molecule has 0 aliphatic rings. The third-order valence-electron chi connectivity index (χ3n) is 3.07. The normalized spacial score (nSPS) is 10.4. The molecule has 1 N–H and O–H groups in total. The molecule has 0 aliphatic carbocycles. The average molecular weight is 291 g/mol. The molecule has 2 aromatic rings. The maximum Gasteiger partial charge on any atom is 0.358 e. The van der Waals surface area contributed by atoms with Gasteiger partial charge in [0.2, 0.25) is 0 Å². The number of rotatable bonds is 6. The van der Waals surface area contributed by atoms with Crippen molar-refractivity contribution in [3.05, 3.63) is 29.6 Å². The highest BCUT2D eigenvalue weighted by Gasteiger charge is 2.21. The Morgan fingerprint density at radius 3 is 2.67 bits per heavy atom. The summed E-state index contributed by atoms with van der Waals surface area (Å²) in [6, 6.07) is 5.24. The summed E-state index contributed by atoms with van der Waals surface area (Å²) in [5.41, 5.74) is 1.10. The first-order chi connectivity index (χ1) is 10.1. The lowest BCUT2D eigenvalue weighted by atomic mass is 10.2. The summed E-state index contributed by atoms with van der Waals surface area (Å²) in [7, 11) is 3.10. The van der Waals surface area contributed by atoms with Crippen molar-refractivity contribution in [1.82, 2.24) is 15.0 Å². The van der Waals surface area contributed by atoms with Crippen LogP contribution in [0.3, 0.4) is 0 Å². The van der Waals surface area contributed by atoms with Crippen LogP contribution < -0.4 is 9.47 Å². The number of carboxylic acids is 1. The van der Waals surface area contributed by atoms with Crippen LogP contribution >= 0.6 is 0 Å². The van der Waals surface area contributed by atoms with Crippen LogP contribution in [0.2, 0.25) is 0 Å². The van der Waals surface area contributed by atoms with Gasteiger partial charge in [-0.05, 0) is 18.6 Å². The van der Waals surface area contributed by atoms with Crippen LogP contribution in [0.1, 0.15) is 29.5 Å². The molecule has 0 fully saturated rings. The second kappa shape index (κ2) is 6.25. The van der Waals surface area contributed by atoms with Crippen molar-refractivity contribution >= 4 is 5.97 Å². The number of methoxy groups -OCH3 is 2. The molecule has 0 unspecified atom stereocenters. The SMILES string of the molecule is CCCc1c(C(=O)O)nnn1-c1cc(OC)ccc1OC. The smallest absolute Gasteiger partial charge is 0.358 e. The number of benzene rings is 1. The molecule has 0 spiro atoms. The minimum atomic E-state index is -1.09. The molecule has 7 nitrogen and oxygen atoms in total. The molecule has 0 amide bonds. The molecule has 0 saturated heterocycles. The Balaban J connectivity index is 2.63. The Hall–Kier alpha value is -2.57. The van der Waals surface area contributed by atoms with E-state index in [1.165, 1.54) is 4.68 Å². The van der Waals surface area contributed by atoms with Gasteiger partial charge in [-0.25, -0.2) is 9.48 Å². The predicted octanol–water partition coefficient (Wildman–Crippen LogP) is 1.94. The summed E-state index contributed by atoms with van der Waals surface area (Å²) in [5, 5.41) is 16.9. The number of nitrogens with zero attached hydrogens (tertiary/aromatic N) is 3. The summed E-state index contributed by atoms with van der Waals surface area (Å²) in [5.74, 6) is 0.0992. The van der Waals surface area contributed by atoms with Gasteiger partial charge in [-0.1, -0.05) is 18.6 Å². The third kappa shape index (κ3) is 2.81. The Bertz CT molecular complexity index is 652. The summed E-state index contributed by atoms with van der Waals surface area (Å²) in [6.45, 7) is 1.96. The quantitative estimate of drug-likeness (QED) is 0.875. The fourth-order valence-corrected chi connectivity index (χ4v) is 2.08. The molecule has 112 valence electrons. The van der Waals surface area contributed by atoms with E-state index in [0.717, 1.165) is 6.42 Å². The zero-order chi connectivity index (χ0) is 15.4. The van der Waals surface area contributed by atoms with Gasteiger partial charge in [0, 0.05) is 6.07 Å². The van der Waals surface area contributed by atoms with E-state index >= 15 is 0 Å². The van der Waals surface area contributed by atoms with Gasteiger partial charge in [0.15, 0.2) is 5.69 Å². The molecular formula is C14H17N3O4. The minimum Gasteiger partial charge on any atom is -0.497 e. The van der Waals surface area contributed by atoms with Crippen molar-refractivity contribution < 1.29 is 19.4 Å². The summed E-state index contributed by atoms with van der Waals surface area (Å²) in [4.78, 5) is 11.2. The van der Waals surface area contributed by atoms with Gasteiger partial charge in [-0.2, -0.15) is 0 Å². The first-order valence-electron chi connectivity index (χ1n) is 6.52. The second-order valence-corrected chi connectivity index (χ2v) is 4.39. The summed E-state index contributed by atoms with van der Waals surface area (Å²) in [6.07, 6.45) is 1.33. The zero-order valence-electron chi connectivity index (χ0n) is 12.2. The summed E-state index contributed by atoms with van der Waals surface area (Å²) < 4.78 is 12.0. The molecule has 1 heterocycles. The zero-order valence-corrected chi connectivity index (χ0v) is 12.2. The maximum atomic E-state index is 11.2. The lowest BCUT2D eigenvalue weighted by Crippen LogP contribution is -2.08. The molecule has 1 aromatic carbocycles. The standard InChI is InChI=1S/C14H17N3O4/c1-4-5-10-13(14(18)19)15-16-17(10)11-8-9(20-2)6-7-12(11)21-3/h6-8H,4-5H2,1-3H3,(H,18,19). The highest BCUT2D eigenvalue weighted by molar-refractivity contribution is 5.86.